The van der Waals surface area contributed by atoms with Crippen LogP contribution < -0.4 is 5.32 Å². The molecular formula is C12H20N2O7S. The van der Waals surface area contributed by atoms with Crippen LogP contribution in [0.1, 0.15) is 27.7 Å². The van der Waals surface area contributed by atoms with E-state index in [0.29, 0.717) is 0 Å². The Bertz CT molecular complexity index is 439. The molecule has 126 valence electrons. The molecule has 10 heteroatoms. The molecule has 0 bridgehead atoms. The summed E-state index contributed by atoms with van der Waals surface area (Å²) in [7, 11) is 0. The third kappa shape index (κ3) is 7.81. The van der Waals surface area contributed by atoms with Gasteiger partial charge in [-0.25, -0.2) is 4.79 Å². The zero-order valence-electron chi connectivity index (χ0n) is 12.9. The van der Waals surface area contributed by atoms with Crippen LogP contribution in [0.5, 0.6) is 0 Å². The van der Waals surface area contributed by atoms with E-state index in [4.69, 9.17) is 4.74 Å². The molecule has 0 heterocycles. The van der Waals surface area contributed by atoms with Crippen LogP contribution in [0.4, 0.5) is 0 Å². The van der Waals surface area contributed by atoms with Crippen molar-refractivity contribution in [3.8, 4) is 0 Å². The normalized spacial score (nSPS) is 12.2. The largest absolute Gasteiger partial charge is 0.464 e. The Hall–Kier alpha value is -1.84. The van der Waals surface area contributed by atoms with Crippen molar-refractivity contribution in [2.24, 2.45) is 5.41 Å². The van der Waals surface area contributed by atoms with E-state index in [1.807, 2.05) is 0 Å². The van der Waals surface area contributed by atoms with E-state index in [9.17, 15) is 24.5 Å². The van der Waals surface area contributed by atoms with Crippen molar-refractivity contribution in [2.45, 2.75) is 33.7 Å². The highest BCUT2D eigenvalue weighted by Gasteiger charge is 2.33. The molecule has 9 nitrogen and oxygen atoms in total. The maximum atomic E-state index is 12.1. The lowest BCUT2D eigenvalue weighted by molar-refractivity contribution is -0.760. The van der Waals surface area contributed by atoms with E-state index in [0.717, 1.165) is 11.8 Å². The molecule has 0 spiro atoms. The highest BCUT2D eigenvalue weighted by atomic mass is 32.2. The molecule has 1 amide bonds. The van der Waals surface area contributed by atoms with Gasteiger partial charge in [-0.15, -0.1) is 10.1 Å². The molecule has 0 saturated carbocycles. The molecule has 0 aromatic heterocycles. The number of carbonyl (C=O) groups excluding carboxylic acids is 3. The summed E-state index contributed by atoms with van der Waals surface area (Å²) in [6.45, 7) is 5.50. The van der Waals surface area contributed by atoms with Crippen LogP contribution >= 0.6 is 11.8 Å². The first kappa shape index (κ1) is 20.2. The Morgan fingerprint density at radius 1 is 1.36 bits per heavy atom. The molecule has 0 rings (SSSR count). The Labute approximate surface area is 132 Å². The van der Waals surface area contributed by atoms with E-state index in [1.165, 1.54) is 20.8 Å². The number of nitrogens with one attached hydrogen (secondary N) is 1. The number of ether oxygens (including phenoxy) is 1. The fourth-order valence-corrected chi connectivity index (χ4v) is 1.87. The van der Waals surface area contributed by atoms with Gasteiger partial charge in [-0.3, -0.25) is 9.59 Å². The van der Waals surface area contributed by atoms with Crippen molar-refractivity contribution in [2.75, 3.05) is 19.0 Å². The topological polar surface area (TPSA) is 125 Å². The maximum Gasteiger partial charge on any atom is 0.329 e. The molecule has 0 aliphatic carbocycles. The minimum atomic E-state index is -1.22. The fourth-order valence-electron chi connectivity index (χ4n) is 1.25. The van der Waals surface area contributed by atoms with E-state index >= 15 is 0 Å². The smallest absolute Gasteiger partial charge is 0.329 e. The SMILES string of the molecule is CCOC(=O)C(CSC(C)=O)NC(=O)C(C)(C)CO[N+](=O)[O-]. The maximum absolute atomic E-state index is 12.1. The van der Waals surface area contributed by atoms with Crippen LogP contribution in [0.3, 0.4) is 0 Å². The van der Waals surface area contributed by atoms with Crippen LogP contribution in [0.15, 0.2) is 0 Å². The van der Waals surface area contributed by atoms with Crippen LogP contribution in [0.2, 0.25) is 0 Å². The average molecular weight is 336 g/mol. The van der Waals surface area contributed by atoms with Crippen molar-refractivity contribution in [3.63, 3.8) is 0 Å². The summed E-state index contributed by atoms with van der Waals surface area (Å²) >= 11 is 0.870. The van der Waals surface area contributed by atoms with Gasteiger partial charge in [0.05, 0.1) is 12.0 Å². The van der Waals surface area contributed by atoms with Crippen molar-refractivity contribution >= 4 is 28.8 Å². The van der Waals surface area contributed by atoms with Crippen molar-refractivity contribution in [3.05, 3.63) is 10.1 Å². The average Bonchev–Trinajstić information content (AvgIpc) is 2.40. The quantitative estimate of drug-likeness (QED) is 0.367. The summed E-state index contributed by atoms with van der Waals surface area (Å²) in [5.41, 5.74) is -1.22. The van der Waals surface area contributed by atoms with Gasteiger partial charge >= 0.3 is 5.97 Å². The standard InChI is InChI=1S/C12H20N2O7S/c1-5-20-10(16)9(6-22-8(2)15)13-11(17)12(3,4)7-21-14(18)19/h9H,5-7H2,1-4H3,(H,13,17). The van der Waals surface area contributed by atoms with Gasteiger partial charge in [-0.2, -0.15) is 0 Å². The van der Waals surface area contributed by atoms with E-state index in [-0.39, 0.29) is 17.5 Å². The third-order valence-corrected chi connectivity index (χ3v) is 3.38. The van der Waals surface area contributed by atoms with E-state index < -0.39 is 35.0 Å². The Morgan fingerprint density at radius 2 is 1.95 bits per heavy atom. The predicted molar refractivity (Wildman–Crippen MR) is 78.4 cm³/mol. The molecule has 0 saturated heterocycles. The van der Waals surface area contributed by atoms with Crippen molar-refractivity contribution in [1.82, 2.24) is 5.32 Å². The van der Waals surface area contributed by atoms with Crippen LogP contribution in [0.25, 0.3) is 0 Å². The van der Waals surface area contributed by atoms with E-state index in [2.05, 4.69) is 10.2 Å². The van der Waals surface area contributed by atoms with E-state index in [1.54, 1.807) is 6.92 Å². The van der Waals surface area contributed by atoms with Crippen LogP contribution in [-0.4, -0.2) is 47.1 Å². The van der Waals surface area contributed by atoms with Gasteiger partial charge in [0.15, 0.2) is 5.12 Å². The lowest BCUT2D eigenvalue weighted by Gasteiger charge is -2.25. The number of esters is 1. The van der Waals surface area contributed by atoms with Gasteiger partial charge < -0.3 is 14.9 Å². The number of hydrogen-bond acceptors (Lipinski definition) is 8. The third-order valence-electron chi connectivity index (χ3n) is 2.48. The molecule has 22 heavy (non-hydrogen) atoms. The second-order valence-corrected chi connectivity index (χ2v) is 6.16. The Balaban J connectivity index is 4.80. The first-order valence-corrected chi connectivity index (χ1v) is 7.47. The molecule has 0 aromatic rings. The lowest BCUT2D eigenvalue weighted by atomic mass is 9.93. The predicted octanol–water partition coefficient (Wildman–Crippen LogP) is 0.548. The van der Waals surface area contributed by atoms with Gasteiger partial charge in [0.1, 0.15) is 12.6 Å². The van der Waals surface area contributed by atoms with Gasteiger partial charge in [0.25, 0.3) is 5.09 Å². The van der Waals surface area contributed by atoms with Crippen LogP contribution in [0, 0.1) is 15.5 Å². The first-order chi connectivity index (χ1) is 10.1. The number of nitrogens with zero attached hydrogens (tertiary/aromatic N) is 1. The number of hydrogen-bond donors (Lipinski definition) is 1. The molecule has 1 atom stereocenters. The van der Waals surface area contributed by atoms with Gasteiger partial charge in [-0.1, -0.05) is 11.8 Å². The summed E-state index contributed by atoms with van der Waals surface area (Å²) in [6.07, 6.45) is 0. The number of carbonyl (C=O) groups is 3. The zero-order chi connectivity index (χ0) is 17.3. The number of thioether (sulfide) groups is 1. The summed E-state index contributed by atoms with van der Waals surface area (Å²) in [6, 6.07) is -1.02. The summed E-state index contributed by atoms with van der Waals surface area (Å²) in [5.74, 6) is -1.27. The second-order valence-electron chi connectivity index (χ2n) is 4.96. The summed E-state index contributed by atoms with van der Waals surface area (Å²) in [4.78, 5) is 49.3. The molecule has 0 radical (unpaired) electrons. The lowest BCUT2D eigenvalue weighted by Crippen LogP contribution is -2.50. The minimum Gasteiger partial charge on any atom is -0.464 e. The van der Waals surface area contributed by atoms with Gasteiger partial charge in [0, 0.05) is 12.7 Å². The monoisotopic (exact) mass is 336 g/mol. The van der Waals surface area contributed by atoms with Crippen molar-refractivity contribution < 1.29 is 29.0 Å². The molecule has 1 N–H and O–H groups in total. The second kappa shape index (κ2) is 9.23. The summed E-state index contributed by atoms with van der Waals surface area (Å²) < 4.78 is 4.83. The highest BCUT2D eigenvalue weighted by molar-refractivity contribution is 8.13. The molecule has 0 fully saturated rings. The minimum absolute atomic E-state index is 0.0199. The molecule has 0 aliphatic heterocycles. The fraction of sp³-hybridized carbons (Fsp3) is 0.750. The molecule has 0 aromatic carbocycles. The van der Waals surface area contributed by atoms with Crippen molar-refractivity contribution in [1.29, 1.82) is 0 Å². The number of amides is 1. The Morgan fingerprint density at radius 3 is 2.41 bits per heavy atom. The van der Waals surface area contributed by atoms with Crippen LogP contribution in [-0.2, 0) is 24.0 Å². The number of rotatable bonds is 9. The molecular weight excluding hydrogens is 316 g/mol. The molecule has 0 aliphatic rings. The molecule has 1 unspecified atom stereocenters. The van der Waals surface area contributed by atoms with Gasteiger partial charge in [-0.05, 0) is 20.8 Å². The zero-order valence-corrected chi connectivity index (χ0v) is 13.7. The summed E-state index contributed by atoms with van der Waals surface area (Å²) in [5, 5.41) is 11.4. The Kier molecular flexibility index (Phi) is 8.46. The highest BCUT2D eigenvalue weighted by Crippen LogP contribution is 2.17. The first-order valence-electron chi connectivity index (χ1n) is 6.48. The van der Waals surface area contributed by atoms with Gasteiger partial charge in [0.2, 0.25) is 5.91 Å².